The number of nitrogens with zero attached hydrogens (tertiary/aromatic N) is 1. The van der Waals surface area contributed by atoms with Gasteiger partial charge in [0.1, 0.15) is 12.2 Å². The Morgan fingerprint density at radius 1 is 1.06 bits per heavy atom. The zero-order chi connectivity index (χ0) is 34.9. The molecule has 5 fully saturated rings. The van der Waals surface area contributed by atoms with Gasteiger partial charge in [0.05, 0.1) is 11.5 Å². The third-order valence-corrected chi connectivity index (χ3v) is 14.1. The molecule has 3 N–H and O–H groups in total. The van der Waals surface area contributed by atoms with Crippen LogP contribution in [-0.2, 0) is 20.7 Å². The molecular weight excluding hydrogens is 616 g/mol. The summed E-state index contributed by atoms with van der Waals surface area (Å²) in [5.41, 5.74) is 1.59. The van der Waals surface area contributed by atoms with Gasteiger partial charge in [0.2, 0.25) is 0 Å². The molecule has 1 saturated heterocycles. The van der Waals surface area contributed by atoms with Gasteiger partial charge in [-0.3, -0.25) is 9.59 Å². The standard InChI is InChI=1S/C41H56N2O6/c1-38(2,3)49-37(48)42-29-11-6-25(7-12-29)18-26-8-13-30(14-9-26)43-22-28-20-33-32-15-10-27-19-31(45)16-17-39(27,4)36(32)34(46)21-40(33,5)41(28,24-43)35(47)23-44/h8-9,13-14,16-17,19,25,28-29,32-34,36,44,46H,6-7,10-12,15,18,20-24H2,1-5H3,(H,42,48)/t25?,28-,29?,32-,33-,34-,36+,39-,40-,41+/m0/s1. The number of anilines is 1. The lowest BCUT2D eigenvalue weighted by Crippen LogP contribution is -2.60. The van der Waals surface area contributed by atoms with Crippen molar-refractivity contribution in [2.24, 2.45) is 45.8 Å². The molecule has 266 valence electrons. The summed E-state index contributed by atoms with van der Waals surface area (Å²) in [5.74, 6) is 1.23. The Labute approximate surface area is 291 Å². The average molecular weight is 673 g/mol. The molecule has 1 aliphatic heterocycles. The smallest absolute Gasteiger partial charge is 0.407 e. The molecule has 8 nitrogen and oxygen atoms in total. The average Bonchev–Trinajstić information content (AvgIpc) is 3.54. The summed E-state index contributed by atoms with van der Waals surface area (Å²) in [6.45, 7) is 10.9. The van der Waals surface area contributed by atoms with Gasteiger partial charge in [0.15, 0.2) is 11.6 Å². The number of carbonyl (C=O) groups is 3. The van der Waals surface area contributed by atoms with Gasteiger partial charge in [-0.25, -0.2) is 4.79 Å². The third kappa shape index (κ3) is 5.79. The van der Waals surface area contributed by atoms with Crippen LogP contribution >= 0.6 is 0 Å². The fourth-order valence-electron chi connectivity index (χ4n) is 11.9. The molecule has 0 bridgehead atoms. The minimum atomic E-state index is -0.710. The topological polar surface area (TPSA) is 116 Å². The minimum absolute atomic E-state index is 0.0231. The predicted octanol–water partition coefficient (Wildman–Crippen LogP) is 6.19. The van der Waals surface area contributed by atoms with E-state index in [9.17, 15) is 24.6 Å². The van der Waals surface area contributed by atoms with E-state index in [1.54, 1.807) is 12.2 Å². The number of ether oxygens (including phenoxy) is 1. The van der Waals surface area contributed by atoms with E-state index in [1.165, 1.54) is 5.56 Å². The second-order valence-electron chi connectivity index (χ2n) is 17.8. The lowest BCUT2D eigenvalue weighted by Gasteiger charge is -2.60. The number of aliphatic hydroxyl groups is 2. The first kappa shape index (κ1) is 34.5. The molecule has 49 heavy (non-hydrogen) atoms. The first-order valence-corrected chi connectivity index (χ1v) is 18.8. The SMILES string of the molecule is CC(C)(C)OC(=O)NC1CCC(Cc2ccc(N3C[C@@H]4C[C@H]5[C@@H]6CCC7=CC(=O)C=C[C@]7(C)[C@H]6[C@@H](O)C[C@]5(C)[C@]4(C(=O)CO)C3)cc2)CC1. The number of rotatable bonds is 6. The molecule has 0 aromatic heterocycles. The number of alkyl carbamates (subject to hydrolysis) is 1. The summed E-state index contributed by atoms with van der Waals surface area (Å²) < 4.78 is 5.44. The molecular formula is C41H56N2O6. The highest BCUT2D eigenvalue weighted by Gasteiger charge is 2.73. The summed E-state index contributed by atoms with van der Waals surface area (Å²) in [6.07, 6.45) is 12.9. The first-order valence-electron chi connectivity index (χ1n) is 18.8. The van der Waals surface area contributed by atoms with Gasteiger partial charge in [-0.15, -0.1) is 0 Å². The van der Waals surface area contributed by atoms with Crippen LogP contribution in [0.5, 0.6) is 0 Å². The molecule has 7 rings (SSSR count). The fourth-order valence-corrected chi connectivity index (χ4v) is 11.9. The van der Waals surface area contributed by atoms with Gasteiger partial charge >= 0.3 is 6.09 Å². The highest BCUT2D eigenvalue weighted by Crippen LogP contribution is 2.72. The maximum absolute atomic E-state index is 14.0. The van der Waals surface area contributed by atoms with E-state index < -0.39 is 29.1 Å². The van der Waals surface area contributed by atoms with Crippen LogP contribution in [-0.4, -0.2) is 65.3 Å². The number of ketones is 2. The van der Waals surface area contributed by atoms with Crippen molar-refractivity contribution in [1.82, 2.24) is 5.32 Å². The molecule has 1 heterocycles. The Balaban J connectivity index is 1.03. The zero-order valence-corrected chi connectivity index (χ0v) is 30.0. The number of benzene rings is 1. The monoisotopic (exact) mass is 672 g/mol. The lowest BCUT2D eigenvalue weighted by molar-refractivity contribution is -0.157. The van der Waals surface area contributed by atoms with Crippen molar-refractivity contribution in [3.8, 4) is 0 Å². The molecule has 5 aliphatic carbocycles. The summed E-state index contributed by atoms with van der Waals surface area (Å²) in [4.78, 5) is 40.8. The maximum atomic E-state index is 14.0. The van der Waals surface area contributed by atoms with Crippen LogP contribution in [0.2, 0.25) is 0 Å². The molecule has 0 radical (unpaired) electrons. The fraction of sp³-hybridized carbons (Fsp3) is 0.683. The molecule has 4 saturated carbocycles. The Hall–Kier alpha value is -2.97. The summed E-state index contributed by atoms with van der Waals surface area (Å²) in [5, 5.41) is 25.4. The van der Waals surface area contributed by atoms with Gasteiger partial charge in [0.25, 0.3) is 0 Å². The largest absolute Gasteiger partial charge is 0.444 e. The number of nitrogens with one attached hydrogen (secondary N) is 1. The van der Waals surface area contributed by atoms with Gasteiger partial charge < -0.3 is 25.2 Å². The number of allylic oxidation sites excluding steroid dienone is 4. The Bertz CT molecular complexity index is 1540. The van der Waals surface area contributed by atoms with Crippen LogP contribution in [0.15, 0.2) is 48.1 Å². The second kappa shape index (κ2) is 12.4. The first-order chi connectivity index (χ1) is 23.2. The Morgan fingerprint density at radius 3 is 2.45 bits per heavy atom. The zero-order valence-electron chi connectivity index (χ0n) is 30.0. The van der Waals surface area contributed by atoms with Crippen LogP contribution in [0.4, 0.5) is 10.5 Å². The van der Waals surface area contributed by atoms with Crippen molar-refractivity contribution in [3.63, 3.8) is 0 Å². The Morgan fingerprint density at radius 2 is 1.78 bits per heavy atom. The maximum Gasteiger partial charge on any atom is 0.407 e. The molecule has 1 aromatic rings. The second-order valence-corrected chi connectivity index (χ2v) is 17.8. The molecule has 0 unspecified atom stereocenters. The van der Waals surface area contributed by atoms with Crippen LogP contribution in [0, 0.1) is 45.8 Å². The molecule has 8 atom stereocenters. The van der Waals surface area contributed by atoms with Gasteiger partial charge in [-0.05, 0) is 137 Å². The molecule has 6 aliphatic rings. The van der Waals surface area contributed by atoms with Crippen molar-refractivity contribution in [2.45, 2.75) is 110 Å². The summed E-state index contributed by atoms with van der Waals surface area (Å²) >= 11 is 0. The number of hydrogen-bond donors (Lipinski definition) is 3. The van der Waals surface area contributed by atoms with Crippen LogP contribution < -0.4 is 10.2 Å². The van der Waals surface area contributed by atoms with Crippen molar-refractivity contribution < 1.29 is 29.3 Å². The number of amides is 1. The number of aliphatic hydroxyl groups excluding tert-OH is 2. The highest BCUT2D eigenvalue weighted by molar-refractivity contribution is 6.01. The van der Waals surface area contributed by atoms with Crippen LogP contribution in [0.1, 0.15) is 91.5 Å². The van der Waals surface area contributed by atoms with Crippen molar-refractivity contribution in [2.75, 3.05) is 24.6 Å². The van der Waals surface area contributed by atoms with Crippen LogP contribution in [0.25, 0.3) is 0 Å². The Kier molecular flexibility index (Phi) is 8.70. The molecule has 1 amide bonds. The summed E-state index contributed by atoms with van der Waals surface area (Å²) in [7, 11) is 0. The van der Waals surface area contributed by atoms with Gasteiger partial charge in [0, 0.05) is 36.2 Å². The summed E-state index contributed by atoms with van der Waals surface area (Å²) in [6, 6.07) is 9.01. The van der Waals surface area contributed by atoms with E-state index in [0.29, 0.717) is 18.9 Å². The van der Waals surface area contributed by atoms with Crippen molar-refractivity contribution >= 4 is 23.3 Å². The van der Waals surface area contributed by atoms with Crippen molar-refractivity contribution in [3.05, 3.63) is 53.6 Å². The molecule has 1 aromatic carbocycles. The number of hydrogen-bond acceptors (Lipinski definition) is 7. The lowest BCUT2D eigenvalue weighted by atomic mass is 9.44. The van der Waals surface area contributed by atoms with Gasteiger partial charge in [-0.1, -0.05) is 37.6 Å². The number of fused-ring (bicyclic) bond motifs is 7. The highest BCUT2D eigenvalue weighted by atomic mass is 16.6. The molecule has 8 heteroatoms. The van der Waals surface area contributed by atoms with E-state index in [0.717, 1.165) is 69.2 Å². The number of carbonyl (C=O) groups excluding carboxylic acids is 3. The predicted molar refractivity (Wildman–Crippen MR) is 189 cm³/mol. The normalized spacial score (nSPS) is 39.7. The minimum Gasteiger partial charge on any atom is -0.444 e. The van der Waals surface area contributed by atoms with E-state index >= 15 is 0 Å². The third-order valence-electron chi connectivity index (χ3n) is 14.1. The van der Waals surface area contributed by atoms with Crippen LogP contribution in [0.3, 0.4) is 0 Å². The van der Waals surface area contributed by atoms with Crippen molar-refractivity contribution in [1.29, 1.82) is 0 Å². The molecule has 0 spiro atoms. The van der Waals surface area contributed by atoms with E-state index in [4.69, 9.17) is 4.74 Å². The van der Waals surface area contributed by atoms with Gasteiger partial charge in [-0.2, -0.15) is 0 Å². The number of Topliss-reactive ketones (excluding diaryl/α,β-unsaturated/α-hetero) is 1. The van der Waals surface area contributed by atoms with E-state index in [2.05, 4.69) is 48.3 Å². The van der Waals surface area contributed by atoms with E-state index in [-0.39, 0.29) is 52.8 Å². The van der Waals surface area contributed by atoms with E-state index in [1.807, 2.05) is 26.8 Å². The quantitative estimate of drug-likeness (QED) is 0.330.